The second-order valence-electron chi connectivity index (χ2n) is 6.03. The van der Waals surface area contributed by atoms with Gasteiger partial charge in [0.2, 0.25) is 5.91 Å². The maximum absolute atomic E-state index is 14.1. The molecule has 0 aromatic heterocycles. The minimum atomic E-state index is -1.63. The molecule has 1 fully saturated rings. The van der Waals surface area contributed by atoms with Crippen LogP contribution in [0.25, 0.3) is 0 Å². The van der Waals surface area contributed by atoms with Gasteiger partial charge < -0.3 is 9.80 Å². The molecule has 0 N–H and O–H groups in total. The highest BCUT2D eigenvalue weighted by Crippen LogP contribution is 2.34. The summed E-state index contributed by atoms with van der Waals surface area (Å²) in [5.41, 5.74) is -0.804. The van der Waals surface area contributed by atoms with Crippen molar-refractivity contribution in [2.75, 3.05) is 36.8 Å². The van der Waals surface area contributed by atoms with E-state index < -0.39 is 34.0 Å². The van der Waals surface area contributed by atoms with Crippen molar-refractivity contribution in [1.29, 1.82) is 0 Å². The van der Waals surface area contributed by atoms with E-state index in [1.165, 1.54) is 21.6 Å². The SMILES string of the molecule is O=C(CSc1ccc(Cl)cc1)N1CCN(c2c(F)c(F)c(Cl)c(F)c2F)CC1. The first-order valence-corrected chi connectivity index (χ1v) is 9.96. The van der Waals surface area contributed by atoms with Gasteiger partial charge in [-0.1, -0.05) is 23.2 Å². The fraction of sp³-hybridized carbons (Fsp3) is 0.278. The van der Waals surface area contributed by atoms with Crippen LogP contribution in [0.5, 0.6) is 0 Å². The van der Waals surface area contributed by atoms with Crippen LogP contribution >= 0.6 is 35.0 Å². The number of halogens is 6. The number of hydrogen-bond acceptors (Lipinski definition) is 3. The van der Waals surface area contributed by atoms with Gasteiger partial charge in [-0.15, -0.1) is 11.8 Å². The van der Waals surface area contributed by atoms with Crippen molar-refractivity contribution in [3.63, 3.8) is 0 Å². The first kappa shape index (κ1) is 21.1. The van der Waals surface area contributed by atoms with Crippen molar-refractivity contribution in [3.8, 4) is 0 Å². The Balaban J connectivity index is 1.62. The van der Waals surface area contributed by atoms with Crippen LogP contribution in [0.3, 0.4) is 0 Å². The van der Waals surface area contributed by atoms with Crippen LogP contribution in [0.15, 0.2) is 29.2 Å². The average Bonchev–Trinajstić information content (AvgIpc) is 2.71. The van der Waals surface area contributed by atoms with Gasteiger partial charge in [0.1, 0.15) is 10.7 Å². The van der Waals surface area contributed by atoms with Gasteiger partial charge in [0.15, 0.2) is 23.3 Å². The number of amides is 1. The average molecular weight is 453 g/mol. The Hall–Kier alpha value is -1.64. The third-order valence-corrected chi connectivity index (χ3v) is 5.89. The van der Waals surface area contributed by atoms with Gasteiger partial charge >= 0.3 is 0 Å². The molecule has 0 aliphatic carbocycles. The highest BCUT2D eigenvalue weighted by molar-refractivity contribution is 8.00. The van der Waals surface area contributed by atoms with E-state index in [4.69, 9.17) is 23.2 Å². The zero-order valence-corrected chi connectivity index (χ0v) is 16.7. The molecule has 0 radical (unpaired) electrons. The van der Waals surface area contributed by atoms with Gasteiger partial charge in [-0.2, -0.15) is 0 Å². The summed E-state index contributed by atoms with van der Waals surface area (Å²) >= 11 is 12.4. The molecule has 2 aromatic carbocycles. The number of rotatable bonds is 4. The van der Waals surface area contributed by atoms with Crippen LogP contribution in [-0.4, -0.2) is 42.7 Å². The predicted molar refractivity (Wildman–Crippen MR) is 102 cm³/mol. The summed E-state index contributed by atoms with van der Waals surface area (Å²) in [6.07, 6.45) is 0. The lowest BCUT2D eigenvalue weighted by Crippen LogP contribution is -2.50. The number of carbonyl (C=O) groups excluding carboxylic acids is 1. The molecule has 1 saturated heterocycles. The van der Waals surface area contributed by atoms with Crippen molar-refractivity contribution in [2.45, 2.75) is 4.90 Å². The standard InChI is InChI=1S/C18H14Cl2F4N2OS/c19-10-1-3-11(4-2-10)28-9-12(27)25-5-7-26(8-6-25)18-16(23)14(21)13(20)15(22)17(18)24/h1-4H,5-9H2. The summed E-state index contributed by atoms with van der Waals surface area (Å²) in [7, 11) is 0. The van der Waals surface area contributed by atoms with Gasteiger partial charge in [-0.3, -0.25) is 4.79 Å². The number of anilines is 1. The Labute approximate surface area is 173 Å². The quantitative estimate of drug-likeness (QED) is 0.282. The van der Waals surface area contributed by atoms with E-state index in [0.29, 0.717) is 5.02 Å². The van der Waals surface area contributed by atoms with E-state index in [1.54, 1.807) is 24.3 Å². The minimum absolute atomic E-state index is 0.0334. The van der Waals surface area contributed by atoms with Gasteiger partial charge in [-0.05, 0) is 24.3 Å². The second kappa shape index (κ2) is 8.80. The Bertz CT molecular complexity index is 861. The van der Waals surface area contributed by atoms with Gasteiger partial charge in [-0.25, -0.2) is 17.6 Å². The number of piperazine rings is 1. The van der Waals surface area contributed by atoms with Crippen LogP contribution < -0.4 is 4.90 Å². The topological polar surface area (TPSA) is 23.6 Å². The molecule has 0 saturated carbocycles. The molecular weight excluding hydrogens is 439 g/mol. The zero-order chi connectivity index (χ0) is 20.4. The van der Waals surface area contributed by atoms with E-state index in [-0.39, 0.29) is 37.8 Å². The summed E-state index contributed by atoms with van der Waals surface area (Å²) in [5.74, 6) is -6.30. The molecule has 0 bridgehead atoms. The molecule has 0 spiro atoms. The lowest BCUT2D eigenvalue weighted by Gasteiger charge is -2.36. The second-order valence-corrected chi connectivity index (χ2v) is 7.89. The number of hydrogen-bond donors (Lipinski definition) is 0. The molecule has 0 unspecified atom stereocenters. The maximum atomic E-state index is 14.1. The first-order valence-electron chi connectivity index (χ1n) is 8.22. The van der Waals surface area contributed by atoms with Crippen molar-refractivity contribution in [2.24, 2.45) is 0 Å². The van der Waals surface area contributed by atoms with Gasteiger partial charge in [0.05, 0.1) is 5.75 Å². The molecule has 3 rings (SSSR count). The van der Waals surface area contributed by atoms with Crippen LogP contribution in [0, 0.1) is 23.3 Å². The fourth-order valence-corrected chi connectivity index (χ4v) is 3.91. The fourth-order valence-electron chi connectivity index (χ4n) is 2.82. The largest absolute Gasteiger partial charge is 0.363 e. The van der Waals surface area contributed by atoms with E-state index >= 15 is 0 Å². The Morgan fingerprint density at radius 2 is 1.43 bits per heavy atom. The number of thioether (sulfide) groups is 1. The van der Waals surface area contributed by atoms with Crippen molar-refractivity contribution < 1.29 is 22.4 Å². The first-order chi connectivity index (χ1) is 13.3. The zero-order valence-electron chi connectivity index (χ0n) is 14.3. The molecule has 1 aliphatic rings. The maximum Gasteiger partial charge on any atom is 0.233 e. The molecule has 2 aromatic rings. The number of nitrogens with zero attached hydrogens (tertiary/aromatic N) is 2. The Morgan fingerprint density at radius 1 is 0.893 bits per heavy atom. The van der Waals surface area contributed by atoms with Crippen molar-refractivity contribution in [3.05, 3.63) is 57.6 Å². The highest BCUT2D eigenvalue weighted by Gasteiger charge is 2.30. The molecular formula is C18H14Cl2F4N2OS. The summed E-state index contributed by atoms with van der Waals surface area (Å²) in [6.45, 7) is 0.410. The molecule has 10 heteroatoms. The smallest absolute Gasteiger partial charge is 0.233 e. The highest BCUT2D eigenvalue weighted by atomic mass is 35.5. The molecule has 3 nitrogen and oxygen atoms in total. The number of carbonyl (C=O) groups is 1. The summed E-state index contributed by atoms with van der Waals surface area (Å²) < 4.78 is 55.5. The van der Waals surface area contributed by atoms with Gasteiger partial charge in [0.25, 0.3) is 0 Å². The Morgan fingerprint density at radius 3 is 1.96 bits per heavy atom. The summed E-state index contributed by atoms with van der Waals surface area (Å²) in [6, 6.07) is 7.04. The van der Waals surface area contributed by atoms with Gasteiger partial charge in [0, 0.05) is 36.1 Å². The van der Waals surface area contributed by atoms with E-state index in [9.17, 15) is 22.4 Å². The lowest BCUT2D eigenvalue weighted by atomic mass is 10.2. The summed E-state index contributed by atoms with van der Waals surface area (Å²) in [5, 5.41) is -0.617. The normalized spacial score (nSPS) is 14.5. The molecule has 0 atom stereocenters. The van der Waals surface area contributed by atoms with Crippen LogP contribution in [0.2, 0.25) is 10.0 Å². The van der Waals surface area contributed by atoms with Crippen LogP contribution in [-0.2, 0) is 4.79 Å². The van der Waals surface area contributed by atoms with Crippen molar-refractivity contribution >= 4 is 46.6 Å². The van der Waals surface area contributed by atoms with Crippen LogP contribution in [0.4, 0.5) is 23.2 Å². The van der Waals surface area contributed by atoms with E-state index in [1.807, 2.05) is 0 Å². The van der Waals surface area contributed by atoms with E-state index in [0.717, 1.165) is 4.90 Å². The minimum Gasteiger partial charge on any atom is -0.363 e. The monoisotopic (exact) mass is 452 g/mol. The predicted octanol–water partition coefficient (Wildman–Crippen LogP) is 4.99. The molecule has 28 heavy (non-hydrogen) atoms. The van der Waals surface area contributed by atoms with Crippen LogP contribution in [0.1, 0.15) is 0 Å². The number of benzene rings is 2. The third-order valence-electron chi connectivity index (χ3n) is 4.31. The van der Waals surface area contributed by atoms with E-state index in [2.05, 4.69) is 0 Å². The molecule has 150 valence electrons. The molecule has 1 aliphatic heterocycles. The molecule has 1 heterocycles. The summed E-state index contributed by atoms with van der Waals surface area (Å²) in [4.78, 5) is 15.9. The lowest BCUT2D eigenvalue weighted by molar-refractivity contribution is -0.128. The molecule has 1 amide bonds. The third kappa shape index (κ3) is 4.34. The Kier molecular flexibility index (Phi) is 6.62. The van der Waals surface area contributed by atoms with Crippen molar-refractivity contribution in [1.82, 2.24) is 4.90 Å².